The summed E-state index contributed by atoms with van der Waals surface area (Å²) in [5, 5.41) is 4.05. The van der Waals surface area contributed by atoms with E-state index in [9.17, 15) is 4.79 Å². The van der Waals surface area contributed by atoms with E-state index in [0.717, 1.165) is 45.1 Å². The molecule has 1 saturated heterocycles. The van der Waals surface area contributed by atoms with Crippen LogP contribution in [0.15, 0.2) is 34.9 Å². The van der Waals surface area contributed by atoms with Gasteiger partial charge in [-0.15, -0.1) is 0 Å². The molecule has 0 N–H and O–H groups in total. The highest BCUT2D eigenvalue weighted by Gasteiger charge is 2.37. The number of carbonyl (C=O) groups excluding carboxylic acids is 1. The number of likely N-dealkylation sites (tertiary alicyclic amines) is 1. The number of aromatic nitrogens is 2. The molecule has 2 aliphatic rings. The van der Waals surface area contributed by atoms with E-state index in [0.29, 0.717) is 17.6 Å². The summed E-state index contributed by atoms with van der Waals surface area (Å²) < 4.78 is 5.11. The van der Waals surface area contributed by atoms with E-state index in [1.54, 1.807) is 6.92 Å². The topological polar surface area (TPSA) is 59.2 Å². The predicted molar refractivity (Wildman–Crippen MR) is 93.9 cm³/mol. The van der Waals surface area contributed by atoms with Crippen molar-refractivity contribution in [3.05, 3.63) is 47.6 Å². The van der Waals surface area contributed by atoms with Crippen molar-refractivity contribution in [1.82, 2.24) is 15.0 Å². The molecular weight excluding hydrogens is 314 g/mol. The maximum Gasteiger partial charge on any atom is 0.226 e. The number of hydrogen-bond acceptors (Lipinski definition) is 4. The largest absolute Gasteiger partial charge is 0.340 e. The second-order valence-electron chi connectivity index (χ2n) is 7.32. The first-order chi connectivity index (χ1) is 12.2. The third-order valence-corrected chi connectivity index (χ3v) is 5.72. The summed E-state index contributed by atoms with van der Waals surface area (Å²) in [6, 6.07) is 10.7. The van der Waals surface area contributed by atoms with E-state index >= 15 is 0 Å². The summed E-state index contributed by atoms with van der Waals surface area (Å²) >= 11 is 0. The van der Waals surface area contributed by atoms with E-state index in [1.807, 2.05) is 4.90 Å². The van der Waals surface area contributed by atoms with Crippen LogP contribution in [0.4, 0.5) is 0 Å². The molecule has 132 valence electrons. The monoisotopic (exact) mass is 339 g/mol. The molecule has 25 heavy (non-hydrogen) atoms. The summed E-state index contributed by atoms with van der Waals surface area (Å²) in [6.07, 6.45) is 6.10. The van der Waals surface area contributed by atoms with E-state index in [1.165, 1.54) is 5.56 Å². The van der Waals surface area contributed by atoms with E-state index in [-0.39, 0.29) is 17.9 Å². The van der Waals surface area contributed by atoms with Crippen molar-refractivity contribution in [3.8, 4) is 0 Å². The van der Waals surface area contributed by atoms with E-state index < -0.39 is 0 Å². The van der Waals surface area contributed by atoms with Crippen LogP contribution in [0.2, 0.25) is 0 Å². The van der Waals surface area contributed by atoms with Gasteiger partial charge in [-0.1, -0.05) is 35.5 Å². The molecule has 2 fully saturated rings. The molecule has 1 aromatic heterocycles. The molecule has 1 atom stereocenters. The molecule has 0 bridgehead atoms. The molecule has 2 aromatic rings. The van der Waals surface area contributed by atoms with Crippen molar-refractivity contribution in [1.29, 1.82) is 0 Å². The van der Waals surface area contributed by atoms with Crippen LogP contribution >= 0.6 is 0 Å². The lowest BCUT2D eigenvalue weighted by atomic mass is 9.78. The third kappa shape index (κ3) is 3.32. The molecule has 5 heteroatoms. The average molecular weight is 339 g/mol. The molecule has 2 heterocycles. The molecular formula is C20H25N3O2. The minimum Gasteiger partial charge on any atom is -0.340 e. The Bertz CT molecular complexity index is 720. The zero-order valence-electron chi connectivity index (χ0n) is 14.7. The van der Waals surface area contributed by atoms with Crippen molar-refractivity contribution in [2.75, 3.05) is 6.54 Å². The minimum absolute atomic E-state index is 0.00297. The highest BCUT2D eigenvalue weighted by atomic mass is 16.5. The molecule has 0 unspecified atom stereocenters. The first kappa shape index (κ1) is 16.3. The number of benzene rings is 1. The van der Waals surface area contributed by atoms with E-state index in [2.05, 4.69) is 40.5 Å². The lowest BCUT2D eigenvalue weighted by Gasteiger charge is -2.32. The molecule has 4 rings (SSSR count). The Morgan fingerprint density at radius 1 is 1.12 bits per heavy atom. The molecule has 1 aliphatic carbocycles. The smallest absolute Gasteiger partial charge is 0.226 e. The molecule has 1 saturated carbocycles. The van der Waals surface area contributed by atoms with Gasteiger partial charge in [-0.25, -0.2) is 0 Å². The Morgan fingerprint density at radius 2 is 1.88 bits per heavy atom. The molecule has 0 spiro atoms. The van der Waals surface area contributed by atoms with Crippen LogP contribution in [0.5, 0.6) is 0 Å². The van der Waals surface area contributed by atoms with Crippen LogP contribution in [-0.2, 0) is 4.79 Å². The summed E-state index contributed by atoms with van der Waals surface area (Å²) in [7, 11) is 0. The van der Waals surface area contributed by atoms with Gasteiger partial charge in [-0.2, -0.15) is 4.98 Å². The zero-order valence-corrected chi connectivity index (χ0v) is 14.7. The standard InChI is InChI=1S/C20H25N3O2/c1-14-21-19(22-25-14)18-8-5-13-23(18)20(24)17-11-9-16(10-12-17)15-6-3-2-4-7-15/h2-4,6-7,16-18H,5,8-13H2,1H3/t16?,17?,18-/m0/s1. The third-order valence-electron chi connectivity index (χ3n) is 5.72. The first-order valence-corrected chi connectivity index (χ1v) is 9.38. The summed E-state index contributed by atoms with van der Waals surface area (Å²) in [6.45, 7) is 2.61. The van der Waals surface area contributed by atoms with Crippen molar-refractivity contribution < 1.29 is 9.32 Å². The second kappa shape index (κ2) is 6.98. The maximum atomic E-state index is 13.1. The molecule has 1 amide bonds. The Morgan fingerprint density at radius 3 is 2.56 bits per heavy atom. The molecule has 1 aliphatic heterocycles. The second-order valence-corrected chi connectivity index (χ2v) is 7.32. The van der Waals surface area contributed by atoms with Crippen LogP contribution < -0.4 is 0 Å². The fourth-order valence-electron chi connectivity index (χ4n) is 4.38. The number of hydrogen-bond donors (Lipinski definition) is 0. The van der Waals surface area contributed by atoms with Gasteiger partial charge in [0.25, 0.3) is 0 Å². The van der Waals surface area contributed by atoms with Crippen LogP contribution in [0.3, 0.4) is 0 Å². The fraction of sp³-hybridized carbons (Fsp3) is 0.550. The average Bonchev–Trinajstić information content (AvgIpc) is 3.31. The SMILES string of the molecule is Cc1nc([C@@H]2CCCN2C(=O)C2CCC(c3ccccc3)CC2)no1. The molecule has 1 aromatic carbocycles. The predicted octanol–water partition coefficient (Wildman–Crippen LogP) is 4.02. The van der Waals surface area contributed by atoms with Gasteiger partial charge in [0.15, 0.2) is 5.82 Å². The van der Waals surface area contributed by atoms with Crippen molar-refractivity contribution in [2.24, 2.45) is 5.92 Å². The Labute approximate surface area is 148 Å². The van der Waals surface area contributed by atoms with Gasteiger partial charge in [-0.3, -0.25) is 4.79 Å². The summed E-state index contributed by atoms with van der Waals surface area (Å²) in [5.74, 6) is 2.27. The van der Waals surface area contributed by atoms with Gasteiger partial charge >= 0.3 is 0 Å². The number of amides is 1. The van der Waals surface area contributed by atoms with Crippen LogP contribution in [-0.4, -0.2) is 27.5 Å². The van der Waals surface area contributed by atoms with E-state index in [4.69, 9.17) is 4.52 Å². The Kier molecular flexibility index (Phi) is 4.55. The highest BCUT2D eigenvalue weighted by molar-refractivity contribution is 5.79. The Balaban J connectivity index is 1.40. The van der Waals surface area contributed by atoms with Gasteiger partial charge in [0.2, 0.25) is 11.8 Å². The van der Waals surface area contributed by atoms with Crippen LogP contribution in [0, 0.1) is 12.8 Å². The number of rotatable bonds is 3. The highest BCUT2D eigenvalue weighted by Crippen LogP contribution is 2.39. The Hall–Kier alpha value is -2.17. The van der Waals surface area contributed by atoms with Crippen molar-refractivity contribution >= 4 is 5.91 Å². The van der Waals surface area contributed by atoms with Gasteiger partial charge < -0.3 is 9.42 Å². The zero-order chi connectivity index (χ0) is 17.2. The lowest BCUT2D eigenvalue weighted by molar-refractivity contribution is -0.137. The lowest BCUT2D eigenvalue weighted by Crippen LogP contribution is -2.37. The van der Waals surface area contributed by atoms with Gasteiger partial charge in [0.05, 0.1) is 6.04 Å². The normalized spacial score (nSPS) is 26.8. The van der Waals surface area contributed by atoms with Crippen molar-refractivity contribution in [2.45, 2.75) is 57.4 Å². The van der Waals surface area contributed by atoms with Gasteiger partial charge in [-0.05, 0) is 50.0 Å². The maximum absolute atomic E-state index is 13.1. The minimum atomic E-state index is -0.00297. The van der Waals surface area contributed by atoms with Gasteiger partial charge in [0.1, 0.15) is 0 Å². The quantitative estimate of drug-likeness (QED) is 0.847. The number of aryl methyl sites for hydroxylation is 1. The van der Waals surface area contributed by atoms with Crippen molar-refractivity contribution in [3.63, 3.8) is 0 Å². The van der Waals surface area contributed by atoms with Crippen LogP contribution in [0.1, 0.15) is 67.8 Å². The summed E-state index contributed by atoms with van der Waals surface area (Å²) in [5.41, 5.74) is 1.41. The number of nitrogens with zero attached hydrogens (tertiary/aromatic N) is 3. The molecule has 0 radical (unpaired) electrons. The first-order valence-electron chi connectivity index (χ1n) is 9.38. The van der Waals surface area contributed by atoms with Gasteiger partial charge in [0, 0.05) is 19.4 Å². The number of carbonyl (C=O) groups is 1. The summed E-state index contributed by atoms with van der Waals surface area (Å²) in [4.78, 5) is 19.4. The van der Waals surface area contributed by atoms with Crippen LogP contribution in [0.25, 0.3) is 0 Å². The molecule has 5 nitrogen and oxygen atoms in total. The fourth-order valence-corrected chi connectivity index (χ4v) is 4.38.